The first-order chi connectivity index (χ1) is 39.6. The predicted molar refractivity (Wildman–Crippen MR) is 327 cm³/mol. The molecule has 0 aliphatic heterocycles. The van der Waals surface area contributed by atoms with E-state index in [1.807, 2.05) is 36.4 Å². The highest BCUT2D eigenvalue weighted by atomic mass is 14.9. The first-order valence-corrected chi connectivity index (χ1v) is 27.4. The van der Waals surface area contributed by atoms with Gasteiger partial charge in [-0.05, 0) is 114 Å². The molecule has 0 N–H and O–H groups in total. The molecule has 0 fully saturated rings. The van der Waals surface area contributed by atoms with Crippen molar-refractivity contribution >= 4 is 0 Å². The number of nitrogens with zero attached hydrogens (tertiary/aromatic N) is 4. The summed E-state index contributed by atoms with van der Waals surface area (Å²) in [5, 5.41) is 0. The summed E-state index contributed by atoms with van der Waals surface area (Å²) in [5.41, 5.74) is 27.4. The average Bonchev–Trinajstić information content (AvgIpc) is 3.67. The lowest BCUT2D eigenvalue weighted by atomic mass is 9.60. The fourth-order valence-corrected chi connectivity index (χ4v) is 12.1. The third-order valence-corrected chi connectivity index (χ3v) is 16.1. The van der Waals surface area contributed by atoms with Crippen molar-refractivity contribution in [3.05, 3.63) is 325 Å². The molecule has 0 saturated carbocycles. The lowest BCUT2D eigenvalue weighted by Crippen LogP contribution is -2.27. The second-order valence-corrected chi connectivity index (χ2v) is 20.9. The molecule has 0 saturated heterocycles. The van der Waals surface area contributed by atoms with Crippen molar-refractivity contribution in [1.29, 1.82) is 0 Å². The van der Waals surface area contributed by atoms with Gasteiger partial charge < -0.3 is 0 Å². The van der Waals surface area contributed by atoms with Crippen molar-refractivity contribution in [2.45, 2.75) is 11.8 Å². The molecule has 0 radical (unpaired) electrons. The summed E-state index contributed by atoms with van der Waals surface area (Å²) < 4.78 is 0. The van der Waals surface area contributed by atoms with Crippen LogP contribution in [0.1, 0.15) is 45.2 Å². The molecule has 3 aliphatic carbocycles. The first-order valence-electron chi connectivity index (χ1n) is 27.4. The van der Waals surface area contributed by atoms with Crippen LogP contribution in [0.15, 0.2) is 291 Å². The summed E-state index contributed by atoms with van der Waals surface area (Å²) in [5.74, 6) is 1.67. The molecule has 80 heavy (non-hydrogen) atoms. The zero-order chi connectivity index (χ0) is 52.9. The van der Waals surface area contributed by atoms with Gasteiger partial charge >= 0.3 is 0 Å². The summed E-state index contributed by atoms with van der Waals surface area (Å²) in [6.07, 6.45) is 0. The molecule has 4 heteroatoms. The van der Waals surface area contributed by atoms with Crippen LogP contribution in [0.5, 0.6) is 0 Å². The number of rotatable bonds is 10. The molecule has 11 aromatic carbocycles. The number of hydrogen-bond donors (Lipinski definition) is 0. The van der Waals surface area contributed by atoms with Crippen LogP contribution < -0.4 is 0 Å². The van der Waals surface area contributed by atoms with Crippen molar-refractivity contribution in [3.63, 3.8) is 0 Å². The van der Waals surface area contributed by atoms with Crippen LogP contribution in [0.4, 0.5) is 0 Å². The molecule has 13 aromatic rings. The van der Waals surface area contributed by atoms with Crippen molar-refractivity contribution < 1.29 is 0 Å². The van der Waals surface area contributed by atoms with Crippen molar-refractivity contribution in [3.8, 4) is 112 Å². The number of benzene rings is 11. The fourth-order valence-electron chi connectivity index (χ4n) is 12.1. The quantitative estimate of drug-likeness (QED) is 0.137. The second-order valence-electron chi connectivity index (χ2n) is 20.9. The Morgan fingerprint density at radius 2 is 0.425 bits per heavy atom. The lowest BCUT2D eigenvalue weighted by molar-refractivity contribution is 0.755. The van der Waals surface area contributed by atoms with E-state index in [1.165, 1.54) is 66.8 Å². The molecule has 2 bridgehead atoms. The van der Waals surface area contributed by atoms with Crippen LogP contribution in [0.2, 0.25) is 0 Å². The summed E-state index contributed by atoms with van der Waals surface area (Å²) in [7, 11) is 0. The van der Waals surface area contributed by atoms with E-state index in [0.717, 1.165) is 67.3 Å². The average molecular weight is 1020 g/mol. The van der Waals surface area contributed by atoms with Crippen molar-refractivity contribution in [1.82, 2.24) is 19.9 Å². The maximum atomic E-state index is 5.17. The second kappa shape index (κ2) is 19.9. The lowest BCUT2D eigenvalue weighted by Gasteiger charge is -2.42. The zero-order valence-electron chi connectivity index (χ0n) is 43.7. The van der Waals surface area contributed by atoms with Crippen LogP contribution in [-0.2, 0) is 0 Å². The minimum Gasteiger partial charge on any atom is -0.228 e. The molecule has 0 amide bonds. The molecule has 2 aromatic heterocycles. The molecular formula is C76H50N4. The largest absolute Gasteiger partial charge is 0.228 e. The summed E-state index contributed by atoms with van der Waals surface area (Å²) in [4.78, 5) is 20.6. The van der Waals surface area contributed by atoms with Crippen molar-refractivity contribution in [2.75, 3.05) is 0 Å². The first kappa shape index (κ1) is 46.8. The normalized spacial score (nSPS) is 13.8. The highest BCUT2D eigenvalue weighted by molar-refractivity contribution is 5.81. The molecule has 4 nitrogen and oxygen atoms in total. The van der Waals surface area contributed by atoms with Crippen molar-refractivity contribution in [2.24, 2.45) is 0 Å². The third-order valence-electron chi connectivity index (χ3n) is 16.1. The maximum absolute atomic E-state index is 5.17. The monoisotopic (exact) mass is 1020 g/mol. The van der Waals surface area contributed by atoms with Gasteiger partial charge in [0, 0.05) is 45.2 Å². The Bertz CT molecular complexity index is 4150. The standard InChI is InChI=1S/C76H50N4/c1-5-17-49(18-6-1)57-25-15-27-61(43-57)71-47-69(77-75(79-71)55-21-9-3-10-22-55)53-35-31-51(32-36-53)59-39-41-65-67(45-59)73-63-29-13-14-30-64(63)74(65)68-46-60(40-42-66(68)73)52-33-37-54(38-34-52)70-48-72(80-76(78-70)56-23-11-4-12-24-56)62-28-16-26-58(44-62)50-19-7-2-8-20-50/h1-48,73-74H. The van der Waals surface area contributed by atoms with E-state index >= 15 is 0 Å². The van der Waals surface area contributed by atoms with Crippen LogP contribution in [0.25, 0.3) is 112 Å². The Kier molecular flexibility index (Phi) is 11.6. The van der Waals surface area contributed by atoms with Gasteiger partial charge in [0.1, 0.15) is 0 Å². The van der Waals surface area contributed by atoms with E-state index in [0.29, 0.717) is 11.6 Å². The number of aromatic nitrogens is 4. The van der Waals surface area contributed by atoms with Gasteiger partial charge in [0.05, 0.1) is 22.8 Å². The smallest absolute Gasteiger partial charge is 0.160 e. The molecule has 2 atom stereocenters. The Labute approximate surface area is 466 Å². The maximum Gasteiger partial charge on any atom is 0.160 e. The molecular weight excluding hydrogens is 969 g/mol. The molecule has 0 spiro atoms. The Balaban J connectivity index is 0.737. The summed E-state index contributed by atoms with van der Waals surface area (Å²) in [6.45, 7) is 0. The summed E-state index contributed by atoms with van der Waals surface area (Å²) >= 11 is 0. The van der Waals surface area contributed by atoms with Gasteiger partial charge in [-0.1, -0.05) is 255 Å². The highest BCUT2D eigenvalue weighted by Gasteiger charge is 2.41. The Morgan fingerprint density at radius 1 is 0.163 bits per heavy atom. The predicted octanol–water partition coefficient (Wildman–Crippen LogP) is 18.9. The van der Waals surface area contributed by atoms with E-state index in [4.69, 9.17) is 19.9 Å². The van der Waals surface area contributed by atoms with Crippen LogP contribution in [-0.4, -0.2) is 19.9 Å². The Hall–Kier alpha value is -10.4. The topological polar surface area (TPSA) is 51.6 Å². The van der Waals surface area contributed by atoms with Gasteiger partial charge in [-0.2, -0.15) is 0 Å². The van der Waals surface area contributed by atoms with Gasteiger partial charge in [0.25, 0.3) is 0 Å². The van der Waals surface area contributed by atoms with Gasteiger partial charge in [-0.15, -0.1) is 0 Å². The minimum absolute atomic E-state index is 0.132. The van der Waals surface area contributed by atoms with E-state index in [2.05, 4.69) is 255 Å². The highest BCUT2D eigenvalue weighted by Crippen LogP contribution is 2.57. The molecule has 3 aliphatic rings. The minimum atomic E-state index is 0.132. The zero-order valence-corrected chi connectivity index (χ0v) is 43.7. The SMILES string of the molecule is c1ccc(-c2cccc(-c3cc(-c4ccc(-c5ccc6c(c5)C5c7ccccc7C6c6cc(-c7ccc(-c8cc(-c9cccc(-c%10ccccc%10)c9)nc(-c9ccccc9)n8)cc7)ccc65)cc4)nc(-c4ccccc4)n3)c2)cc1. The summed E-state index contributed by atoms with van der Waals surface area (Å²) in [6, 6.07) is 104. The van der Waals surface area contributed by atoms with E-state index in [-0.39, 0.29) is 11.8 Å². The van der Waals surface area contributed by atoms with E-state index in [1.54, 1.807) is 0 Å². The number of hydrogen-bond acceptors (Lipinski definition) is 4. The van der Waals surface area contributed by atoms with E-state index < -0.39 is 0 Å². The van der Waals surface area contributed by atoms with Crippen LogP contribution in [0.3, 0.4) is 0 Å². The van der Waals surface area contributed by atoms with Gasteiger partial charge in [-0.3, -0.25) is 0 Å². The van der Waals surface area contributed by atoms with Crippen LogP contribution in [0, 0.1) is 0 Å². The van der Waals surface area contributed by atoms with Crippen LogP contribution >= 0.6 is 0 Å². The fraction of sp³-hybridized carbons (Fsp3) is 0.0263. The molecule has 16 rings (SSSR count). The molecule has 2 unspecified atom stereocenters. The molecule has 2 heterocycles. The van der Waals surface area contributed by atoms with Gasteiger partial charge in [-0.25, -0.2) is 19.9 Å². The van der Waals surface area contributed by atoms with E-state index in [9.17, 15) is 0 Å². The Morgan fingerprint density at radius 3 is 0.812 bits per heavy atom. The van der Waals surface area contributed by atoms with Gasteiger partial charge in [0.2, 0.25) is 0 Å². The third kappa shape index (κ3) is 8.61. The molecule has 374 valence electrons. The van der Waals surface area contributed by atoms with Gasteiger partial charge in [0.15, 0.2) is 11.6 Å².